The maximum absolute atomic E-state index is 12.9. The normalized spacial score (nSPS) is 17.2. The third kappa shape index (κ3) is 4.26. The molecule has 1 heterocycles. The van der Waals surface area contributed by atoms with Gasteiger partial charge >= 0.3 is 0 Å². The molecule has 1 atom stereocenters. The number of nitrogens with zero attached hydrogens (tertiary/aromatic N) is 3. The van der Waals surface area contributed by atoms with E-state index in [0.717, 1.165) is 31.5 Å². The summed E-state index contributed by atoms with van der Waals surface area (Å²) in [6.45, 7) is 2.05. The smallest absolute Gasteiger partial charge is 0.269 e. The van der Waals surface area contributed by atoms with E-state index in [-0.39, 0.29) is 17.6 Å². The molecule has 1 saturated heterocycles. The molecule has 0 unspecified atom stereocenters. The van der Waals surface area contributed by atoms with Crippen LogP contribution in [0, 0.1) is 10.1 Å². The van der Waals surface area contributed by atoms with Gasteiger partial charge in [0.25, 0.3) is 5.69 Å². The van der Waals surface area contributed by atoms with Gasteiger partial charge in [-0.05, 0) is 30.5 Å². The van der Waals surface area contributed by atoms with Crippen LogP contribution in [-0.4, -0.2) is 40.3 Å². The van der Waals surface area contributed by atoms with Gasteiger partial charge in [-0.3, -0.25) is 19.8 Å². The average molecular weight is 353 g/mol. The molecule has 6 nitrogen and oxygen atoms in total. The molecule has 0 bridgehead atoms. The van der Waals surface area contributed by atoms with Crippen LogP contribution in [0.2, 0.25) is 0 Å². The van der Waals surface area contributed by atoms with Gasteiger partial charge in [-0.15, -0.1) is 0 Å². The predicted octanol–water partition coefficient (Wildman–Crippen LogP) is 3.22. The van der Waals surface area contributed by atoms with Crippen LogP contribution >= 0.6 is 0 Å². The first-order chi connectivity index (χ1) is 12.5. The second-order valence-corrected chi connectivity index (χ2v) is 6.74. The molecule has 136 valence electrons. The number of benzene rings is 2. The molecule has 26 heavy (non-hydrogen) atoms. The third-order valence-corrected chi connectivity index (χ3v) is 4.79. The summed E-state index contributed by atoms with van der Waals surface area (Å²) < 4.78 is 0. The zero-order chi connectivity index (χ0) is 18.5. The highest BCUT2D eigenvalue weighted by molar-refractivity contribution is 5.82. The van der Waals surface area contributed by atoms with E-state index in [2.05, 4.69) is 17.0 Å². The molecule has 1 aliphatic rings. The minimum Gasteiger partial charge on any atom is -0.340 e. The summed E-state index contributed by atoms with van der Waals surface area (Å²) in [6, 6.07) is 16.5. The summed E-state index contributed by atoms with van der Waals surface area (Å²) in [4.78, 5) is 27.3. The van der Waals surface area contributed by atoms with E-state index < -0.39 is 4.92 Å². The number of non-ortho nitro benzene ring substituents is 1. The van der Waals surface area contributed by atoms with Gasteiger partial charge < -0.3 is 4.90 Å². The quantitative estimate of drug-likeness (QED) is 0.591. The Hall–Kier alpha value is -2.73. The van der Waals surface area contributed by atoms with Crippen molar-refractivity contribution in [2.45, 2.75) is 32.0 Å². The maximum Gasteiger partial charge on any atom is 0.269 e. The van der Waals surface area contributed by atoms with Crippen molar-refractivity contribution < 1.29 is 9.72 Å². The van der Waals surface area contributed by atoms with Crippen molar-refractivity contribution in [1.29, 1.82) is 0 Å². The Balaban J connectivity index is 1.65. The molecule has 1 aliphatic heterocycles. The fourth-order valence-corrected chi connectivity index (χ4v) is 3.49. The molecule has 0 N–H and O–H groups in total. The summed E-state index contributed by atoms with van der Waals surface area (Å²) in [7, 11) is 1.76. The standard InChI is InChI=1S/C20H23N3O3/c1-21(14-17-9-5-10-18(13-17)23(25)26)20(24)19-11-6-12-22(19)15-16-7-3-2-4-8-16/h2-5,7-10,13,19H,6,11-12,14-15H2,1H3/t19-/m1/s1. The molecular weight excluding hydrogens is 330 g/mol. The molecule has 0 radical (unpaired) electrons. The van der Waals surface area contributed by atoms with Gasteiger partial charge in [0.2, 0.25) is 5.91 Å². The summed E-state index contributed by atoms with van der Waals surface area (Å²) in [6.07, 6.45) is 1.86. The van der Waals surface area contributed by atoms with E-state index in [1.807, 2.05) is 24.3 Å². The zero-order valence-electron chi connectivity index (χ0n) is 14.9. The predicted molar refractivity (Wildman–Crippen MR) is 99.4 cm³/mol. The van der Waals surface area contributed by atoms with Crippen LogP contribution < -0.4 is 0 Å². The van der Waals surface area contributed by atoms with Crippen LogP contribution in [0.3, 0.4) is 0 Å². The molecule has 1 fully saturated rings. The lowest BCUT2D eigenvalue weighted by Gasteiger charge is -2.28. The van der Waals surface area contributed by atoms with E-state index in [9.17, 15) is 14.9 Å². The number of hydrogen-bond donors (Lipinski definition) is 0. The molecule has 0 saturated carbocycles. The summed E-state index contributed by atoms with van der Waals surface area (Å²) in [5, 5.41) is 10.9. The minimum absolute atomic E-state index is 0.0509. The molecule has 2 aromatic rings. The van der Waals surface area contributed by atoms with E-state index in [4.69, 9.17) is 0 Å². The van der Waals surface area contributed by atoms with Crippen molar-refractivity contribution in [2.24, 2.45) is 0 Å². The van der Waals surface area contributed by atoms with Crippen LogP contribution in [0.1, 0.15) is 24.0 Å². The fraction of sp³-hybridized carbons (Fsp3) is 0.350. The summed E-state index contributed by atoms with van der Waals surface area (Å²) in [5.41, 5.74) is 2.02. The molecular formula is C20H23N3O3. The number of rotatable bonds is 6. The number of nitro benzene ring substituents is 1. The maximum atomic E-state index is 12.9. The second kappa shape index (κ2) is 8.10. The van der Waals surface area contributed by atoms with Crippen LogP contribution in [-0.2, 0) is 17.9 Å². The molecule has 0 spiro atoms. The number of nitro groups is 1. The van der Waals surface area contributed by atoms with E-state index in [1.54, 1.807) is 18.0 Å². The van der Waals surface area contributed by atoms with Gasteiger partial charge in [0, 0.05) is 32.3 Å². The van der Waals surface area contributed by atoms with Crippen LogP contribution in [0.5, 0.6) is 0 Å². The van der Waals surface area contributed by atoms with Crippen molar-refractivity contribution in [2.75, 3.05) is 13.6 Å². The highest BCUT2D eigenvalue weighted by atomic mass is 16.6. The lowest BCUT2D eigenvalue weighted by Crippen LogP contribution is -2.43. The number of hydrogen-bond acceptors (Lipinski definition) is 4. The lowest BCUT2D eigenvalue weighted by molar-refractivity contribution is -0.384. The van der Waals surface area contributed by atoms with Gasteiger partial charge in [0.05, 0.1) is 11.0 Å². The Morgan fingerprint density at radius 3 is 2.65 bits per heavy atom. The summed E-state index contributed by atoms with van der Waals surface area (Å²) in [5.74, 6) is 0.0740. The third-order valence-electron chi connectivity index (χ3n) is 4.79. The number of carbonyl (C=O) groups is 1. The van der Waals surface area contributed by atoms with Crippen molar-refractivity contribution >= 4 is 11.6 Å². The van der Waals surface area contributed by atoms with E-state index in [0.29, 0.717) is 6.54 Å². The highest BCUT2D eigenvalue weighted by Crippen LogP contribution is 2.22. The summed E-state index contributed by atoms with van der Waals surface area (Å²) >= 11 is 0. The monoisotopic (exact) mass is 353 g/mol. The highest BCUT2D eigenvalue weighted by Gasteiger charge is 2.32. The Kier molecular flexibility index (Phi) is 5.63. The topological polar surface area (TPSA) is 66.7 Å². The minimum atomic E-state index is -0.413. The fourth-order valence-electron chi connectivity index (χ4n) is 3.49. The molecule has 2 aromatic carbocycles. The first-order valence-corrected chi connectivity index (χ1v) is 8.81. The molecule has 0 aliphatic carbocycles. The Bertz CT molecular complexity index is 779. The molecule has 6 heteroatoms. The number of carbonyl (C=O) groups excluding carboxylic acids is 1. The zero-order valence-corrected chi connectivity index (χ0v) is 14.9. The second-order valence-electron chi connectivity index (χ2n) is 6.74. The van der Waals surface area contributed by atoms with Gasteiger partial charge in [0.1, 0.15) is 0 Å². The molecule has 3 rings (SSSR count). The number of amides is 1. The Morgan fingerprint density at radius 2 is 1.92 bits per heavy atom. The molecule has 0 aromatic heterocycles. The van der Waals surface area contributed by atoms with Crippen LogP contribution in [0.4, 0.5) is 5.69 Å². The first-order valence-electron chi connectivity index (χ1n) is 8.81. The Labute approximate surface area is 153 Å². The largest absolute Gasteiger partial charge is 0.340 e. The van der Waals surface area contributed by atoms with Gasteiger partial charge in [-0.25, -0.2) is 0 Å². The average Bonchev–Trinajstić information content (AvgIpc) is 3.10. The van der Waals surface area contributed by atoms with Gasteiger partial charge in [-0.2, -0.15) is 0 Å². The van der Waals surface area contributed by atoms with Gasteiger partial charge in [0.15, 0.2) is 0 Å². The van der Waals surface area contributed by atoms with Crippen LogP contribution in [0.15, 0.2) is 54.6 Å². The van der Waals surface area contributed by atoms with Gasteiger partial charge in [-0.1, -0.05) is 42.5 Å². The van der Waals surface area contributed by atoms with E-state index in [1.165, 1.54) is 17.7 Å². The van der Waals surface area contributed by atoms with E-state index >= 15 is 0 Å². The van der Waals surface area contributed by atoms with Crippen molar-refractivity contribution in [3.8, 4) is 0 Å². The van der Waals surface area contributed by atoms with Crippen LogP contribution in [0.25, 0.3) is 0 Å². The molecule has 1 amide bonds. The number of likely N-dealkylation sites (tertiary alicyclic amines) is 1. The van der Waals surface area contributed by atoms with Crippen molar-refractivity contribution in [3.05, 3.63) is 75.8 Å². The lowest BCUT2D eigenvalue weighted by atomic mass is 10.1. The van der Waals surface area contributed by atoms with Crippen molar-refractivity contribution in [1.82, 2.24) is 9.80 Å². The number of likely N-dealkylation sites (N-methyl/N-ethyl adjacent to an activating group) is 1. The Morgan fingerprint density at radius 1 is 1.19 bits per heavy atom. The van der Waals surface area contributed by atoms with Crippen molar-refractivity contribution in [3.63, 3.8) is 0 Å². The SMILES string of the molecule is CN(Cc1cccc([N+](=O)[O-])c1)C(=O)[C@H]1CCCN1Cc1ccccc1. The first kappa shape index (κ1) is 18.1.